The first-order valence-corrected chi connectivity index (χ1v) is 10.8. The number of nitrogens with one attached hydrogen (secondary N) is 1. The van der Waals surface area contributed by atoms with Gasteiger partial charge in [-0.3, -0.25) is 9.69 Å². The highest BCUT2D eigenvalue weighted by molar-refractivity contribution is 7.99. The second-order valence-electron chi connectivity index (χ2n) is 7.03. The zero-order valence-corrected chi connectivity index (χ0v) is 17.1. The fourth-order valence-electron chi connectivity index (χ4n) is 3.23. The van der Waals surface area contributed by atoms with Crippen LogP contribution < -0.4 is 10.2 Å². The summed E-state index contributed by atoms with van der Waals surface area (Å²) in [5.41, 5.74) is 2.31. The van der Waals surface area contributed by atoms with Crippen LogP contribution in [0.15, 0.2) is 54.6 Å². The van der Waals surface area contributed by atoms with Crippen molar-refractivity contribution in [1.29, 1.82) is 0 Å². The van der Waals surface area contributed by atoms with Crippen LogP contribution in [0.2, 0.25) is 0 Å². The molecule has 1 atom stereocenters. The Labute approximate surface area is 171 Å². The molecule has 1 amide bonds. The molecule has 2 aromatic rings. The molecule has 0 aromatic heterocycles. The number of hydrogen-bond donors (Lipinski definition) is 1. The molecule has 1 saturated heterocycles. The smallest absolute Gasteiger partial charge is 0.232 e. The van der Waals surface area contributed by atoms with Crippen molar-refractivity contribution in [2.24, 2.45) is 0 Å². The van der Waals surface area contributed by atoms with Crippen molar-refractivity contribution in [3.63, 3.8) is 0 Å². The van der Waals surface area contributed by atoms with Crippen molar-refractivity contribution in [3.8, 4) is 0 Å². The third-order valence-corrected chi connectivity index (χ3v) is 6.22. The van der Waals surface area contributed by atoms with Crippen LogP contribution in [0.1, 0.15) is 12.5 Å². The van der Waals surface area contributed by atoms with Crippen LogP contribution >= 0.6 is 11.8 Å². The summed E-state index contributed by atoms with van der Waals surface area (Å²) in [6.07, 6.45) is 0. The van der Waals surface area contributed by atoms with E-state index in [1.165, 1.54) is 17.7 Å². The molecule has 0 radical (unpaired) electrons. The lowest BCUT2D eigenvalue weighted by Crippen LogP contribution is -2.48. The zero-order valence-electron chi connectivity index (χ0n) is 16.3. The van der Waals surface area contributed by atoms with Gasteiger partial charge in [-0.05, 0) is 36.8 Å². The average Bonchev–Trinajstić information content (AvgIpc) is 2.74. The highest BCUT2D eigenvalue weighted by Crippen LogP contribution is 2.18. The number of carbonyl (C=O) groups is 1. The first kappa shape index (κ1) is 20.7. The van der Waals surface area contributed by atoms with E-state index in [0.717, 1.165) is 44.2 Å². The Morgan fingerprint density at radius 1 is 1.07 bits per heavy atom. The van der Waals surface area contributed by atoms with Crippen LogP contribution in [-0.4, -0.2) is 55.3 Å². The van der Waals surface area contributed by atoms with Crippen LogP contribution in [0.5, 0.6) is 0 Å². The first-order valence-electron chi connectivity index (χ1n) is 9.78. The lowest BCUT2D eigenvalue weighted by Gasteiger charge is -2.36. The highest BCUT2D eigenvalue weighted by atomic mass is 32.2. The maximum Gasteiger partial charge on any atom is 0.232 e. The number of piperazine rings is 1. The van der Waals surface area contributed by atoms with Crippen molar-refractivity contribution in [1.82, 2.24) is 10.2 Å². The number of amides is 1. The second-order valence-corrected chi connectivity index (χ2v) is 8.36. The minimum atomic E-state index is -0.200. The Kier molecular flexibility index (Phi) is 7.74. The van der Waals surface area contributed by atoms with Gasteiger partial charge in [0.1, 0.15) is 5.82 Å². The number of carbonyl (C=O) groups excluding carboxylic acids is 1. The van der Waals surface area contributed by atoms with E-state index in [2.05, 4.69) is 27.2 Å². The zero-order chi connectivity index (χ0) is 19.8. The summed E-state index contributed by atoms with van der Waals surface area (Å²) < 4.78 is 13.0. The van der Waals surface area contributed by atoms with Gasteiger partial charge < -0.3 is 10.2 Å². The van der Waals surface area contributed by atoms with Gasteiger partial charge in [0.25, 0.3) is 0 Å². The molecule has 1 aliphatic heterocycles. The molecule has 150 valence electrons. The van der Waals surface area contributed by atoms with E-state index in [0.29, 0.717) is 6.54 Å². The third-order valence-electron chi connectivity index (χ3n) is 5.00. The molecule has 3 rings (SSSR count). The summed E-state index contributed by atoms with van der Waals surface area (Å²) in [5.74, 6) is 0.751. The molecule has 28 heavy (non-hydrogen) atoms. The molecular formula is C22H28FN3OS. The van der Waals surface area contributed by atoms with Gasteiger partial charge in [-0.25, -0.2) is 4.39 Å². The van der Waals surface area contributed by atoms with Crippen LogP contribution in [0.3, 0.4) is 0 Å². The largest absolute Gasteiger partial charge is 0.369 e. The van der Waals surface area contributed by atoms with E-state index in [4.69, 9.17) is 0 Å². The van der Waals surface area contributed by atoms with Gasteiger partial charge in [0.15, 0.2) is 0 Å². The number of halogens is 1. The summed E-state index contributed by atoms with van der Waals surface area (Å²) in [6.45, 7) is 7.23. The molecule has 1 unspecified atom stereocenters. The van der Waals surface area contributed by atoms with E-state index in [1.807, 2.05) is 37.3 Å². The lowest BCUT2D eigenvalue weighted by molar-refractivity contribution is -0.120. The number of benzene rings is 2. The van der Waals surface area contributed by atoms with Crippen LogP contribution in [0, 0.1) is 5.82 Å². The monoisotopic (exact) mass is 401 g/mol. The third kappa shape index (κ3) is 6.24. The molecule has 6 heteroatoms. The quantitative estimate of drug-likeness (QED) is 0.736. The fraction of sp³-hybridized carbons (Fsp3) is 0.409. The fourth-order valence-corrected chi connectivity index (χ4v) is 4.10. The molecule has 2 aromatic carbocycles. The molecule has 0 aliphatic carbocycles. The minimum absolute atomic E-state index is 0.0597. The van der Waals surface area contributed by atoms with E-state index in [1.54, 1.807) is 11.8 Å². The van der Waals surface area contributed by atoms with Gasteiger partial charge in [0.05, 0.1) is 5.25 Å². The standard InChI is InChI=1S/C22H28FN3OS/c1-18(28-17-19-5-3-2-4-6-19)22(27)24-11-12-25-13-15-26(16-14-25)21-9-7-20(23)8-10-21/h2-10,18H,11-17H2,1H3,(H,24,27). The highest BCUT2D eigenvalue weighted by Gasteiger charge is 2.18. The number of rotatable bonds is 8. The molecule has 0 saturated carbocycles. The molecule has 1 heterocycles. The Hall–Kier alpha value is -2.05. The lowest BCUT2D eigenvalue weighted by atomic mass is 10.2. The van der Waals surface area contributed by atoms with Crippen molar-refractivity contribution in [2.45, 2.75) is 17.9 Å². The molecule has 4 nitrogen and oxygen atoms in total. The van der Waals surface area contributed by atoms with Crippen LogP contribution in [0.4, 0.5) is 10.1 Å². The molecule has 0 spiro atoms. The van der Waals surface area contributed by atoms with E-state index in [-0.39, 0.29) is 17.0 Å². The van der Waals surface area contributed by atoms with Crippen molar-refractivity contribution >= 4 is 23.4 Å². The Bertz CT molecular complexity index is 733. The summed E-state index contributed by atoms with van der Waals surface area (Å²) >= 11 is 1.66. The van der Waals surface area contributed by atoms with Gasteiger partial charge in [-0.1, -0.05) is 30.3 Å². The van der Waals surface area contributed by atoms with E-state index < -0.39 is 0 Å². The number of nitrogens with zero attached hydrogens (tertiary/aromatic N) is 2. The summed E-state index contributed by atoms with van der Waals surface area (Å²) in [6, 6.07) is 16.9. The average molecular weight is 402 g/mol. The minimum Gasteiger partial charge on any atom is -0.369 e. The SMILES string of the molecule is CC(SCc1ccccc1)C(=O)NCCN1CCN(c2ccc(F)cc2)CC1. The predicted molar refractivity (Wildman–Crippen MR) is 115 cm³/mol. The first-order chi connectivity index (χ1) is 13.6. The predicted octanol–water partition coefficient (Wildman–Crippen LogP) is 3.39. The summed E-state index contributed by atoms with van der Waals surface area (Å²) in [4.78, 5) is 16.9. The van der Waals surface area contributed by atoms with Crippen molar-refractivity contribution < 1.29 is 9.18 Å². The van der Waals surface area contributed by atoms with Gasteiger partial charge in [0, 0.05) is 50.7 Å². The molecule has 1 N–H and O–H groups in total. The summed E-state index contributed by atoms with van der Waals surface area (Å²) in [7, 11) is 0. The molecular weight excluding hydrogens is 373 g/mol. The van der Waals surface area contributed by atoms with E-state index >= 15 is 0 Å². The normalized spacial score (nSPS) is 16.0. The van der Waals surface area contributed by atoms with Crippen molar-refractivity contribution in [2.75, 3.05) is 44.2 Å². The van der Waals surface area contributed by atoms with Gasteiger partial charge in [-0.15, -0.1) is 11.8 Å². The molecule has 1 aliphatic rings. The number of hydrogen-bond acceptors (Lipinski definition) is 4. The van der Waals surface area contributed by atoms with Crippen molar-refractivity contribution in [3.05, 3.63) is 66.0 Å². The van der Waals surface area contributed by atoms with Gasteiger partial charge in [-0.2, -0.15) is 0 Å². The Morgan fingerprint density at radius 3 is 2.43 bits per heavy atom. The van der Waals surface area contributed by atoms with Gasteiger partial charge in [0.2, 0.25) is 5.91 Å². The Morgan fingerprint density at radius 2 is 1.75 bits per heavy atom. The second kappa shape index (κ2) is 10.5. The van der Waals surface area contributed by atoms with Crippen LogP contribution in [0.25, 0.3) is 0 Å². The topological polar surface area (TPSA) is 35.6 Å². The summed E-state index contributed by atoms with van der Waals surface area (Å²) in [5, 5.41) is 3.00. The van der Waals surface area contributed by atoms with Crippen LogP contribution in [-0.2, 0) is 10.5 Å². The number of thioether (sulfide) groups is 1. The maximum absolute atomic E-state index is 13.0. The molecule has 1 fully saturated rings. The maximum atomic E-state index is 13.0. The van der Waals surface area contributed by atoms with E-state index in [9.17, 15) is 9.18 Å². The Balaban J connectivity index is 1.32. The molecule has 0 bridgehead atoms. The van der Waals surface area contributed by atoms with Gasteiger partial charge >= 0.3 is 0 Å². The number of anilines is 1.